The minimum absolute atomic E-state index is 0.00674. The van der Waals surface area contributed by atoms with Crippen molar-refractivity contribution in [3.63, 3.8) is 0 Å². The number of hydrogen-bond donors (Lipinski definition) is 3. The monoisotopic (exact) mass is 441 g/mol. The molecule has 1 aromatic carbocycles. The van der Waals surface area contributed by atoms with Gasteiger partial charge in [-0.05, 0) is 44.5 Å². The second-order valence-electron chi connectivity index (χ2n) is 8.35. The Bertz CT molecular complexity index is 999. The number of nitrogens with one attached hydrogen (secondary N) is 2. The van der Waals surface area contributed by atoms with Gasteiger partial charge >= 0.3 is 5.97 Å². The number of pyridine rings is 1. The van der Waals surface area contributed by atoms with Gasteiger partial charge in [-0.1, -0.05) is 6.92 Å². The highest BCUT2D eigenvalue weighted by Gasteiger charge is 2.22. The third kappa shape index (κ3) is 5.94. The number of nitrogens with zero attached hydrogens (tertiary/aromatic N) is 3. The highest BCUT2D eigenvalue weighted by molar-refractivity contribution is 6.05. The van der Waals surface area contributed by atoms with Crippen LogP contribution in [0.5, 0.6) is 0 Å². The summed E-state index contributed by atoms with van der Waals surface area (Å²) in [6.07, 6.45) is 1.15. The molecule has 9 heteroatoms. The maximum atomic E-state index is 12.0. The lowest BCUT2D eigenvalue weighted by Crippen LogP contribution is -2.50. The van der Waals surface area contributed by atoms with Crippen LogP contribution in [-0.4, -0.2) is 71.5 Å². The van der Waals surface area contributed by atoms with E-state index in [2.05, 4.69) is 20.5 Å². The van der Waals surface area contributed by atoms with E-state index < -0.39 is 5.97 Å². The third-order valence-corrected chi connectivity index (χ3v) is 5.30. The van der Waals surface area contributed by atoms with Gasteiger partial charge in [-0.25, -0.2) is 9.78 Å². The summed E-state index contributed by atoms with van der Waals surface area (Å²) in [6, 6.07) is 6.83. The lowest BCUT2D eigenvalue weighted by atomic mass is 10.1. The zero-order chi connectivity index (χ0) is 23.3. The van der Waals surface area contributed by atoms with Gasteiger partial charge in [0, 0.05) is 49.7 Å². The largest absolute Gasteiger partial charge is 0.478 e. The van der Waals surface area contributed by atoms with Crippen molar-refractivity contribution in [2.45, 2.75) is 39.7 Å². The standard InChI is InChI=1S/C23H31N5O4/c1-4-5-21(29)25-16-6-7-19-17(12-16)18(23(31)32)13-20(26-19)28-10-8-27(9-11-28)14-22(30)24-15(2)3/h6-7,12-13,15H,4-5,8-11,14H2,1-3H3,(H,24,30)(H,25,29)(H,31,32). The predicted octanol–water partition coefficient (Wildman–Crippen LogP) is 2.32. The molecule has 32 heavy (non-hydrogen) atoms. The summed E-state index contributed by atoms with van der Waals surface area (Å²) < 4.78 is 0. The Morgan fingerprint density at radius 3 is 2.44 bits per heavy atom. The Morgan fingerprint density at radius 1 is 1.09 bits per heavy atom. The molecular formula is C23H31N5O4. The van der Waals surface area contributed by atoms with Crippen molar-refractivity contribution in [3.05, 3.63) is 29.8 Å². The SMILES string of the molecule is CCCC(=O)Nc1ccc2nc(N3CCN(CC(=O)NC(C)C)CC3)cc(C(=O)O)c2c1. The first-order chi connectivity index (χ1) is 15.3. The molecule has 0 bridgehead atoms. The molecule has 1 aliphatic rings. The number of rotatable bonds is 8. The van der Waals surface area contributed by atoms with Crippen molar-refractivity contribution in [2.75, 3.05) is 42.9 Å². The first-order valence-corrected chi connectivity index (χ1v) is 11.0. The van der Waals surface area contributed by atoms with Crippen molar-refractivity contribution < 1.29 is 19.5 Å². The first kappa shape index (κ1) is 23.5. The molecule has 9 nitrogen and oxygen atoms in total. The molecule has 3 rings (SSSR count). The molecule has 1 fully saturated rings. The van der Waals surface area contributed by atoms with Gasteiger partial charge in [-0.15, -0.1) is 0 Å². The fraction of sp³-hybridized carbons (Fsp3) is 0.478. The van der Waals surface area contributed by atoms with E-state index in [0.717, 1.165) is 6.42 Å². The lowest BCUT2D eigenvalue weighted by Gasteiger charge is -2.35. The fourth-order valence-corrected chi connectivity index (χ4v) is 3.78. The number of carboxylic acid groups (broad SMARTS) is 1. The summed E-state index contributed by atoms with van der Waals surface area (Å²) in [7, 11) is 0. The molecule has 1 aliphatic heterocycles. The molecule has 0 radical (unpaired) electrons. The van der Waals surface area contributed by atoms with E-state index in [1.165, 1.54) is 0 Å². The number of carbonyl (C=O) groups is 3. The highest BCUT2D eigenvalue weighted by atomic mass is 16.4. The van der Waals surface area contributed by atoms with Gasteiger partial charge in [0.1, 0.15) is 5.82 Å². The summed E-state index contributed by atoms with van der Waals surface area (Å²) in [4.78, 5) is 44.7. The minimum Gasteiger partial charge on any atom is -0.478 e. The summed E-state index contributed by atoms with van der Waals surface area (Å²) in [5.74, 6) is -0.538. The van der Waals surface area contributed by atoms with Gasteiger partial charge in [-0.3, -0.25) is 14.5 Å². The van der Waals surface area contributed by atoms with Gasteiger partial charge in [-0.2, -0.15) is 0 Å². The quantitative estimate of drug-likeness (QED) is 0.576. The van der Waals surface area contributed by atoms with Gasteiger partial charge in [0.15, 0.2) is 0 Å². The molecule has 2 heterocycles. The highest BCUT2D eigenvalue weighted by Crippen LogP contribution is 2.27. The van der Waals surface area contributed by atoms with Crippen molar-refractivity contribution in [1.82, 2.24) is 15.2 Å². The number of carboxylic acids is 1. The van der Waals surface area contributed by atoms with Crippen molar-refractivity contribution in [3.8, 4) is 0 Å². The average Bonchev–Trinajstić information content (AvgIpc) is 2.73. The number of aromatic nitrogens is 1. The van der Waals surface area contributed by atoms with E-state index >= 15 is 0 Å². The number of carbonyl (C=O) groups excluding carboxylic acids is 2. The normalized spacial score (nSPS) is 14.6. The van der Waals surface area contributed by atoms with Crippen LogP contribution in [0.1, 0.15) is 44.0 Å². The topological polar surface area (TPSA) is 115 Å². The molecule has 1 saturated heterocycles. The number of piperazine rings is 1. The Morgan fingerprint density at radius 2 is 1.81 bits per heavy atom. The lowest BCUT2D eigenvalue weighted by molar-refractivity contribution is -0.122. The molecular weight excluding hydrogens is 410 g/mol. The molecule has 0 spiro atoms. The van der Waals surface area contributed by atoms with E-state index in [0.29, 0.717) is 61.6 Å². The maximum Gasteiger partial charge on any atom is 0.336 e. The maximum absolute atomic E-state index is 12.0. The second-order valence-corrected chi connectivity index (χ2v) is 8.35. The predicted molar refractivity (Wildman–Crippen MR) is 124 cm³/mol. The molecule has 0 saturated carbocycles. The van der Waals surface area contributed by atoms with Gasteiger partial charge < -0.3 is 20.6 Å². The minimum atomic E-state index is -1.04. The van der Waals surface area contributed by atoms with Crippen LogP contribution in [-0.2, 0) is 9.59 Å². The van der Waals surface area contributed by atoms with Crippen molar-refractivity contribution in [2.24, 2.45) is 0 Å². The van der Waals surface area contributed by atoms with E-state index in [4.69, 9.17) is 0 Å². The van der Waals surface area contributed by atoms with Crippen molar-refractivity contribution >= 4 is 40.2 Å². The Kier molecular flexibility index (Phi) is 7.63. The molecule has 0 unspecified atom stereocenters. The van der Waals surface area contributed by atoms with Crippen LogP contribution in [0.2, 0.25) is 0 Å². The Balaban J connectivity index is 1.76. The van der Waals surface area contributed by atoms with Gasteiger partial charge in [0.2, 0.25) is 11.8 Å². The smallest absolute Gasteiger partial charge is 0.336 e. The fourth-order valence-electron chi connectivity index (χ4n) is 3.78. The van der Waals surface area contributed by atoms with Crippen LogP contribution in [0.15, 0.2) is 24.3 Å². The van der Waals surface area contributed by atoms with Crippen LogP contribution in [0.25, 0.3) is 10.9 Å². The second kappa shape index (κ2) is 10.4. The van der Waals surface area contributed by atoms with Gasteiger partial charge in [0.05, 0.1) is 17.6 Å². The van der Waals surface area contributed by atoms with E-state index in [-0.39, 0.29) is 23.4 Å². The van der Waals surface area contributed by atoms with Crippen molar-refractivity contribution in [1.29, 1.82) is 0 Å². The number of fused-ring (bicyclic) bond motifs is 1. The zero-order valence-corrected chi connectivity index (χ0v) is 18.9. The van der Waals surface area contributed by atoms with E-state index in [1.54, 1.807) is 24.3 Å². The molecule has 2 aromatic rings. The zero-order valence-electron chi connectivity index (χ0n) is 18.9. The van der Waals surface area contributed by atoms with Gasteiger partial charge in [0.25, 0.3) is 0 Å². The molecule has 1 aromatic heterocycles. The van der Waals surface area contributed by atoms with E-state index in [9.17, 15) is 19.5 Å². The van der Waals surface area contributed by atoms with Crippen LogP contribution < -0.4 is 15.5 Å². The Hall–Kier alpha value is -3.20. The Labute approximate surface area is 187 Å². The molecule has 172 valence electrons. The molecule has 0 aliphatic carbocycles. The molecule has 0 atom stereocenters. The number of benzene rings is 1. The van der Waals surface area contributed by atoms with Crippen LogP contribution in [0.3, 0.4) is 0 Å². The van der Waals surface area contributed by atoms with Crippen LogP contribution >= 0.6 is 0 Å². The third-order valence-electron chi connectivity index (χ3n) is 5.30. The summed E-state index contributed by atoms with van der Waals surface area (Å²) in [5.41, 5.74) is 1.27. The number of hydrogen-bond acceptors (Lipinski definition) is 6. The van der Waals surface area contributed by atoms with Crippen LogP contribution in [0.4, 0.5) is 11.5 Å². The average molecular weight is 442 g/mol. The molecule has 2 amide bonds. The first-order valence-electron chi connectivity index (χ1n) is 11.0. The number of amides is 2. The summed E-state index contributed by atoms with van der Waals surface area (Å²) in [6.45, 7) is 8.83. The summed E-state index contributed by atoms with van der Waals surface area (Å²) in [5, 5.41) is 16.0. The summed E-state index contributed by atoms with van der Waals surface area (Å²) >= 11 is 0. The number of anilines is 2. The van der Waals surface area contributed by atoms with Crippen LogP contribution in [0, 0.1) is 0 Å². The van der Waals surface area contributed by atoms with E-state index in [1.807, 2.05) is 25.7 Å². The number of aromatic carboxylic acids is 1. The molecule has 3 N–H and O–H groups in total.